The second-order valence-electron chi connectivity index (χ2n) is 5.75. The standard InChI is InChI=1S/C18H18N2O6S/c1-11(17(22)20-13-9-7-12(8-10-13)16(19)21)26-18(23)14-5-3-4-6-15(14)27(2,24)25/h3-11H,1-2H3,(H2,19,21)(H,20,22). The summed E-state index contributed by atoms with van der Waals surface area (Å²) in [4.78, 5) is 35.3. The molecule has 0 aliphatic carbocycles. The van der Waals surface area contributed by atoms with Gasteiger partial charge in [0.05, 0.1) is 10.5 Å². The number of hydrogen-bond donors (Lipinski definition) is 2. The van der Waals surface area contributed by atoms with Gasteiger partial charge < -0.3 is 15.8 Å². The monoisotopic (exact) mass is 390 g/mol. The number of sulfone groups is 1. The highest BCUT2D eigenvalue weighted by Gasteiger charge is 2.23. The number of anilines is 1. The lowest BCUT2D eigenvalue weighted by atomic mass is 10.2. The van der Waals surface area contributed by atoms with Gasteiger partial charge in [-0.2, -0.15) is 0 Å². The number of primary amides is 1. The van der Waals surface area contributed by atoms with Crippen LogP contribution in [0.15, 0.2) is 53.4 Å². The van der Waals surface area contributed by atoms with Crippen molar-refractivity contribution in [2.45, 2.75) is 17.9 Å². The van der Waals surface area contributed by atoms with Crippen LogP contribution in [0.25, 0.3) is 0 Å². The highest BCUT2D eigenvalue weighted by atomic mass is 32.2. The fourth-order valence-corrected chi connectivity index (χ4v) is 3.07. The summed E-state index contributed by atoms with van der Waals surface area (Å²) in [5.74, 6) is -2.14. The molecule has 1 unspecified atom stereocenters. The molecule has 9 heteroatoms. The fourth-order valence-electron chi connectivity index (χ4n) is 2.20. The van der Waals surface area contributed by atoms with E-state index in [0.29, 0.717) is 5.69 Å². The number of carbonyl (C=O) groups excluding carboxylic acids is 3. The minimum absolute atomic E-state index is 0.148. The number of ether oxygens (including phenoxy) is 1. The van der Waals surface area contributed by atoms with Crippen molar-refractivity contribution in [2.75, 3.05) is 11.6 Å². The molecule has 2 aromatic rings. The van der Waals surface area contributed by atoms with Gasteiger partial charge in [-0.1, -0.05) is 12.1 Å². The van der Waals surface area contributed by atoms with E-state index < -0.39 is 33.7 Å². The van der Waals surface area contributed by atoms with Crippen molar-refractivity contribution >= 4 is 33.3 Å². The van der Waals surface area contributed by atoms with E-state index >= 15 is 0 Å². The Morgan fingerprint density at radius 2 is 1.63 bits per heavy atom. The van der Waals surface area contributed by atoms with E-state index in [0.717, 1.165) is 6.26 Å². The number of carbonyl (C=O) groups is 3. The number of esters is 1. The van der Waals surface area contributed by atoms with Crippen molar-refractivity contribution in [2.24, 2.45) is 5.73 Å². The van der Waals surface area contributed by atoms with Crippen molar-refractivity contribution in [1.29, 1.82) is 0 Å². The van der Waals surface area contributed by atoms with Crippen LogP contribution in [0.3, 0.4) is 0 Å². The largest absolute Gasteiger partial charge is 0.449 e. The van der Waals surface area contributed by atoms with E-state index in [4.69, 9.17) is 10.5 Å². The van der Waals surface area contributed by atoms with Crippen LogP contribution in [0.2, 0.25) is 0 Å². The Morgan fingerprint density at radius 3 is 2.19 bits per heavy atom. The topological polar surface area (TPSA) is 133 Å². The SMILES string of the molecule is CC(OC(=O)c1ccccc1S(C)(=O)=O)C(=O)Nc1ccc(C(N)=O)cc1. The molecule has 0 aliphatic rings. The maximum atomic E-state index is 12.3. The van der Waals surface area contributed by atoms with Crippen LogP contribution in [-0.2, 0) is 19.4 Å². The predicted octanol–water partition coefficient (Wildman–Crippen LogP) is 1.37. The van der Waals surface area contributed by atoms with Crippen LogP contribution >= 0.6 is 0 Å². The zero-order valence-corrected chi connectivity index (χ0v) is 15.4. The van der Waals surface area contributed by atoms with Crippen molar-refractivity contribution < 1.29 is 27.5 Å². The third kappa shape index (κ3) is 5.14. The minimum Gasteiger partial charge on any atom is -0.449 e. The lowest BCUT2D eigenvalue weighted by Gasteiger charge is -2.15. The normalized spacial score (nSPS) is 12.1. The Kier molecular flexibility index (Phi) is 5.96. The summed E-state index contributed by atoms with van der Waals surface area (Å²) in [6, 6.07) is 11.4. The van der Waals surface area contributed by atoms with Gasteiger partial charge in [-0.15, -0.1) is 0 Å². The molecule has 142 valence electrons. The fraction of sp³-hybridized carbons (Fsp3) is 0.167. The molecule has 3 N–H and O–H groups in total. The van der Waals surface area contributed by atoms with Crippen molar-refractivity contribution in [1.82, 2.24) is 0 Å². The van der Waals surface area contributed by atoms with E-state index in [2.05, 4.69) is 5.32 Å². The molecule has 0 heterocycles. The first-order valence-corrected chi connectivity index (χ1v) is 9.69. The van der Waals surface area contributed by atoms with Crippen LogP contribution in [0, 0.1) is 0 Å². The molecule has 0 aromatic heterocycles. The summed E-state index contributed by atoms with van der Waals surface area (Å²) < 4.78 is 28.6. The van der Waals surface area contributed by atoms with Crippen LogP contribution < -0.4 is 11.1 Å². The Labute approximate surface area is 156 Å². The van der Waals surface area contributed by atoms with E-state index in [1.54, 1.807) is 0 Å². The average molecular weight is 390 g/mol. The molecular formula is C18H18N2O6S. The number of nitrogens with one attached hydrogen (secondary N) is 1. The Bertz CT molecular complexity index is 983. The highest BCUT2D eigenvalue weighted by molar-refractivity contribution is 7.90. The third-order valence-corrected chi connectivity index (χ3v) is 4.75. The van der Waals surface area contributed by atoms with Gasteiger partial charge in [0.2, 0.25) is 5.91 Å². The van der Waals surface area contributed by atoms with Crippen molar-refractivity contribution in [3.05, 3.63) is 59.7 Å². The minimum atomic E-state index is -3.63. The quantitative estimate of drug-likeness (QED) is 0.716. The summed E-state index contributed by atoms with van der Waals surface area (Å²) in [6.45, 7) is 1.36. The zero-order chi connectivity index (χ0) is 20.2. The van der Waals surface area contributed by atoms with Gasteiger partial charge in [0.15, 0.2) is 15.9 Å². The summed E-state index contributed by atoms with van der Waals surface area (Å²) in [5, 5.41) is 2.52. The molecule has 8 nitrogen and oxygen atoms in total. The maximum Gasteiger partial charge on any atom is 0.340 e. The summed E-state index contributed by atoms with van der Waals surface area (Å²) >= 11 is 0. The van der Waals surface area contributed by atoms with E-state index in [1.807, 2.05) is 0 Å². The lowest BCUT2D eigenvalue weighted by molar-refractivity contribution is -0.123. The van der Waals surface area contributed by atoms with Crippen LogP contribution in [0.4, 0.5) is 5.69 Å². The first kappa shape index (κ1) is 20.1. The number of benzene rings is 2. The molecule has 1 atom stereocenters. The number of nitrogens with two attached hydrogens (primary N) is 1. The first-order chi connectivity index (χ1) is 12.6. The molecule has 27 heavy (non-hydrogen) atoms. The van der Waals surface area contributed by atoms with Crippen LogP contribution in [0.1, 0.15) is 27.6 Å². The van der Waals surface area contributed by atoms with Gasteiger partial charge in [-0.25, -0.2) is 13.2 Å². The Morgan fingerprint density at radius 1 is 1.04 bits per heavy atom. The predicted molar refractivity (Wildman–Crippen MR) is 98.0 cm³/mol. The Hall–Kier alpha value is -3.20. The molecule has 0 saturated heterocycles. The second kappa shape index (κ2) is 8.00. The van der Waals surface area contributed by atoms with Crippen molar-refractivity contribution in [3.63, 3.8) is 0 Å². The summed E-state index contributed by atoms with van der Waals surface area (Å²) in [7, 11) is -3.63. The average Bonchev–Trinajstić information content (AvgIpc) is 2.61. The van der Waals surface area contributed by atoms with Gasteiger partial charge in [-0.05, 0) is 43.3 Å². The van der Waals surface area contributed by atoms with Gasteiger partial charge in [0.1, 0.15) is 0 Å². The van der Waals surface area contributed by atoms with Crippen LogP contribution in [0.5, 0.6) is 0 Å². The van der Waals surface area contributed by atoms with Crippen LogP contribution in [-0.4, -0.2) is 38.6 Å². The summed E-state index contributed by atoms with van der Waals surface area (Å²) in [6.07, 6.45) is -0.203. The van der Waals surface area contributed by atoms with Gasteiger partial charge >= 0.3 is 5.97 Å². The molecule has 0 bridgehead atoms. The van der Waals surface area contributed by atoms with Crippen molar-refractivity contribution in [3.8, 4) is 0 Å². The van der Waals surface area contributed by atoms with E-state index in [9.17, 15) is 22.8 Å². The number of rotatable bonds is 6. The van der Waals surface area contributed by atoms with Gasteiger partial charge in [-0.3, -0.25) is 9.59 Å². The molecule has 0 aliphatic heterocycles. The number of hydrogen-bond acceptors (Lipinski definition) is 6. The molecule has 2 amide bonds. The maximum absolute atomic E-state index is 12.3. The third-order valence-electron chi connectivity index (χ3n) is 3.60. The zero-order valence-electron chi connectivity index (χ0n) is 14.6. The van der Waals surface area contributed by atoms with E-state index in [-0.39, 0.29) is 16.0 Å². The molecule has 0 fully saturated rings. The summed E-state index contributed by atoms with van der Waals surface area (Å²) in [5.41, 5.74) is 5.65. The first-order valence-electron chi connectivity index (χ1n) is 7.80. The molecule has 0 radical (unpaired) electrons. The van der Waals surface area contributed by atoms with Gasteiger partial charge in [0.25, 0.3) is 5.91 Å². The molecule has 2 rings (SSSR count). The molecular weight excluding hydrogens is 372 g/mol. The lowest BCUT2D eigenvalue weighted by Crippen LogP contribution is -2.30. The smallest absolute Gasteiger partial charge is 0.340 e. The number of amides is 2. The highest BCUT2D eigenvalue weighted by Crippen LogP contribution is 2.17. The Balaban J connectivity index is 2.08. The molecule has 2 aromatic carbocycles. The second-order valence-corrected chi connectivity index (χ2v) is 7.73. The van der Waals surface area contributed by atoms with Gasteiger partial charge in [0, 0.05) is 17.5 Å². The molecule has 0 saturated carbocycles. The van der Waals surface area contributed by atoms with E-state index in [1.165, 1.54) is 55.5 Å². The molecule has 0 spiro atoms.